The Bertz CT molecular complexity index is 999. The Balaban J connectivity index is 1.23. The summed E-state index contributed by atoms with van der Waals surface area (Å²) in [6.45, 7) is 4.75. The molecule has 1 heterocycles. The molecule has 0 aliphatic carbocycles. The summed E-state index contributed by atoms with van der Waals surface area (Å²) in [5.41, 5.74) is 7.36. The van der Waals surface area contributed by atoms with E-state index in [0.717, 1.165) is 36.6 Å². The molecule has 0 saturated carbocycles. The molecule has 4 heteroatoms. The van der Waals surface area contributed by atoms with Crippen molar-refractivity contribution >= 4 is 23.4 Å². The Morgan fingerprint density at radius 2 is 1.71 bits per heavy atom. The highest BCUT2D eigenvalue weighted by Gasteiger charge is 2.16. The summed E-state index contributed by atoms with van der Waals surface area (Å²) < 4.78 is 0. The third-order valence-electron chi connectivity index (χ3n) is 5.72. The van der Waals surface area contributed by atoms with Crippen LogP contribution < -0.4 is 10.2 Å². The van der Waals surface area contributed by atoms with Gasteiger partial charge >= 0.3 is 0 Å². The van der Waals surface area contributed by atoms with Crippen molar-refractivity contribution in [2.24, 2.45) is 0 Å². The quantitative estimate of drug-likeness (QED) is 0.471. The van der Waals surface area contributed by atoms with Crippen LogP contribution in [0.5, 0.6) is 0 Å². The van der Waals surface area contributed by atoms with Crippen molar-refractivity contribution in [2.75, 3.05) is 23.7 Å². The van der Waals surface area contributed by atoms with Gasteiger partial charge in [-0.25, -0.2) is 0 Å². The summed E-state index contributed by atoms with van der Waals surface area (Å²) >= 11 is 1.85. The van der Waals surface area contributed by atoms with Crippen molar-refractivity contribution in [3.63, 3.8) is 0 Å². The molecule has 0 spiro atoms. The van der Waals surface area contributed by atoms with E-state index in [4.69, 9.17) is 0 Å². The first-order chi connectivity index (χ1) is 15.2. The van der Waals surface area contributed by atoms with Gasteiger partial charge in [0.15, 0.2) is 0 Å². The molecule has 0 saturated heterocycles. The minimum atomic E-state index is 0.00537. The van der Waals surface area contributed by atoms with Gasteiger partial charge in [-0.1, -0.05) is 60.2 Å². The normalized spacial score (nSPS) is 13.0. The van der Waals surface area contributed by atoms with Gasteiger partial charge in [0.1, 0.15) is 0 Å². The van der Waals surface area contributed by atoms with Crippen molar-refractivity contribution in [1.82, 2.24) is 5.32 Å². The smallest absolute Gasteiger partial charge is 0.251 e. The highest BCUT2D eigenvalue weighted by molar-refractivity contribution is 7.98. The van der Waals surface area contributed by atoms with Gasteiger partial charge in [0.25, 0.3) is 5.91 Å². The van der Waals surface area contributed by atoms with Crippen molar-refractivity contribution in [1.29, 1.82) is 0 Å². The average Bonchev–Trinajstić information content (AvgIpc) is 2.81. The van der Waals surface area contributed by atoms with Gasteiger partial charge in [-0.15, -0.1) is 0 Å². The van der Waals surface area contributed by atoms with E-state index in [1.165, 1.54) is 34.4 Å². The molecular weight excluding hydrogens is 400 g/mol. The van der Waals surface area contributed by atoms with Crippen molar-refractivity contribution in [3.05, 3.63) is 101 Å². The Morgan fingerprint density at radius 1 is 0.968 bits per heavy atom. The van der Waals surface area contributed by atoms with E-state index >= 15 is 0 Å². The Hall–Kier alpha value is -2.72. The highest BCUT2D eigenvalue weighted by atomic mass is 32.2. The van der Waals surface area contributed by atoms with Crippen LogP contribution in [0.1, 0.15) is 39.0 Å². The summed E-state index contributed by atoms with van der Waals surface area (Å²) in [5.74, 6) is 1.89. The van der Waals surface area contributed by atoms with Crippen LogP contribution in [0.15, 0.2) is 72.8 Å². The zero-order chi connectivity index (χ0) is 21.5. The van der Waals surface area contributed by atoms with Crippen LogP contribution in [0.4, 0.5) is 5.69 Å². The Labute approximate surface area is 189 Å². The number of para-hydroxylation sites is 1. The van der Waals surface area contributed by atoms with E-state index < -0.39 is 0 Å². The number of fused-ring (bicyclic) bond motifs is 1. The molecule has 1 amide bonds. The fraction of sp³-hybridized carbons (Fsp3) is 0.296. The van der Waals surface area contributed by atoms with Crippen LogP contribution in [-0.4, -0.2) is 24.7 Å². The lowest BCUT2D eigenvalue weighted by molar-refractivity contribution is 0.0956. The molecule has 1 N–H and O–H groups in total. The fourth-order valence-corrected chi connectivity index (χ4v) is 4.79. The first-order valence-electron chi connectivity index (χ1n) is 11.0. The number of nitrogens with zero attached hydrogens (tertiary/aromatic N) is 1. The molecule has 31 heavy (non-hydrogen) atoms. The van der Waals surface area contributed by atoms with E-state index in [2.05, 4.69) is 77.8 Å². The number of carbonyl (C=O) groups excluding carboxylic acids is 1. The predicted molar refractivity (Wildman–Crippen MR) is 132 cm³/mol. The first-order valence-corrected chi connectivity index (χ1v) is 12.2. The number of amides is 1. The molecule has 3 nitrogen and oxygen atoms in total. The molecule has 0 fully saturated rings. The molecule has 3 aromatic carbocycles. The number of hydrogen-bond donors (Lipinski definition) is 1. The number of aryl methyl sites for hydroxylation is 2. The average molecular weight is 431 g/mol. The summed E-state index contributed by atoms with van der Waals surface area (Å²) in [5, 5.41) is 3.04. The van der Waals surface area contributed by atoms with Crippen LogP contribution in [0.3, 0.4) is 0 Å². The Kier molecular flexibility index (Phi) is 7.31. The van der Waals surface area contributed by atoms with Crippen molar-refractivity contribution in [3.8, 4) is 0 Å². The standard InChI is InChI=1S/C27H30N2OS/c1-21-8-10-23(11-9-21)20-31-18-16-28-27(30)25-14-12-22(13-15-25)19-29-17-4-6-24-5-2-3-7-26(24)29/h2-3,5,7-15H,4,6,16-20H2,1H3,(H,28,30). The Morgan fingerprint density at radius 3 is 2.52 bits per heavy atom. The number of nitrogens with one attached hydrogen (secondary N) is 1. The summed E-state index contributed by atoms with van der Waals surface area (Å²) in [7, 11) is 0. The zero-order valence-corrected chi connectivity index (χ0v) is 19.0. The summed E-state index contributed by atoms with van der Waals surface area (Å²) in [6, 6.07) is 25.4. The number of benzene rings is 3. The third kappa shape index (κ3) is 5.92. The molecule has 1 aliphatic rings. The number of carbonyl (C=O) groups is 1. The summed E-state index contributed by atoms with van der Waals surface area (Å²) in [4.78, 5) is 14.9. The first kappa shape index (κ1) is 21.5. The number of hydrogen-bond acceptors (Lipinski definition) is 3. The van der Waals surface area contributed by atoms with Gasteiger partial charge in [-0.3, -0.25) is 4.79 Å². The van der Waals surface area contributed by atoms with Crippen LogP contribution in [0.25, 0.3) is 0 Å². The highest BCUT2D eigenvalue weighted by Crippen LogP contribution is 2.28. The van der Waals surface area contributed by atoms with E-state index in [0.29, 0.717) is 6.54 Å². The van der Waals surface area contributed by atoms with Crippen LogP contribution in [0, 0.1) is 6.92 Å². The van der Waals surface area contributed by atoms with Crippen molar-refractivity contribution in [2.45, 2.75) is 32.1 Å². The maximum absolute atomic E-state index is 12.4. The second kappa shape index (κ2) is 10.5. The molecule has 3 aromatic rings. The number of rotatable bonds is 8. The number of anilines is 1. The summed E-state index contributed by atoms with van der Waals surface area (Å²) in [6.07, 6.45) is 2.36. The lowest BCUT2D eigenvalue weighted by Crippen LogP contribution is -2.29. The van der Waals surface area contributed by atoms with Crippen molar-refractivity contribution < 1.29 is 4.79 Å². The third-order valence-corrected chi connectivity index (χ3v) is 6.75. The molecule has 0 bridgehead atoms. The minimum Gasteiger partial charge on any atom is -0.367 e. The zero-order valence-electron chi connectivity index (χ0n) is 18.1. The lowest BCUT2D eigenvalue weighted by atomic mass is 10.0. The van der Waals surface area contributed by atoms with Crippen LogP contribution in [-0.2, 0) is 18.7 Å². The van der Waals surface area contributed by atoms with E-state index in [9.17, 15) is 4.79 Å². The van der Waals surface area contributed by atoms with Gasteiger partial charge in [-0.05, 0) is 54.7 Å². The minimum absolute atomic E-state index is 0.00537. The molecule has 1 aliphatic heterocycles. The molecule has 0 aromatic heterocycles. The van der Waals surface area contributed by atoms with Gasteiger partial charge < -0.3 is 10.2 Å². The molecule has 0 unspecified atom stereocenters. The van der Waals surface area contributed by atoms with Gasteiger partial charge in [0, 0.05) is 42.4 Å². The molecule has 160 valence electrons. The second-order valence-electron chi connectivity index (χ2n) is 8.14. The monoisotopic (exact) mass is 430 g/mol. The van der Waals surface area contributed by atoms with E-state index in [1.54, 1.807) is 0 Å². The largest absolute Gasteiger partial charge is 0.367 e. The number of thioether (sulfide) groups is 1. The van der Waals surface area contributed by atoms with Crippen LogP contribution in [0.2, 0.25) is 0 Å². The maximum atomic E-state index is 12.4. The maximum Gasteiger partial charge on any atom is 0.251 e. The van der Waals surface area contributed by atoms with Gasteiger partial charge in [-0.2, -0.15) is 11.8 Å². The van der Waals surface area contributed by atoms with Gasteiger partial charge in [0.05, 0.1) is 0 Å². The molecule has 0 radical (unpaired) electrons. The van der Waals surface area contributed by atoms with Crippen LogP contribution >= 0.6 is 11.8 Å². The van der Waals surface area contributed by atoms with E-state index in [1.807, 2.05) is 23.9 Å². The van der Waals surface area contributed by atoms with E-state index in [-0.39, 0.29) is 5.91 Å². The molecular formula is C27H30N2OS. The topological polar surface area (TPSA) is 32.3 Å². The van der Waals surface area contributed by atoms with Gasteiger partial charge in [0.2, 0.25) is 0 Å². The fourth-order valence-electron chi connectivity index (χ4n) is 3.97. The SMILES string of the molecule is Cc1ccc(CSCCNC(=O)c2ccc(CN3CCCc4ccccc43)cc2)cc1. The molecule has 4 rings (SSSR count). The lowest BCUT2D eigenvalue weighted by Gasteiger charge is -2.31. The predicted octanol–water partition coefficient (Wildman–Crippen LogP) is 5.61. The molecule has 0 atom stereocenters. The second-order valence-corrected chi connectivity index (χ2v) is 9.25.